The highest BCUT2D eigenvalue weighted by Crippen LogP contribution is 2.04. The first-order chi connectivity index (χ1) is 9.42. The van der Waals surface area contributed by atoms with Crippen LogP contribution in [0, 0.1) is 0 Å². The van der Waals surface area contributed by atoms with Crippen molar-refractivity contribution in [2.75, 3.05) is 52.4 Å². The number of piperazine rings is 1. The van der Waals surface area contributed by atoms with E-state index in [1.54, 1.807) is 0 Å². The number of likely N-dealkylation sites (N-methyl/N-ethyl adjacent to an activating group) is 1. The Morgan fingerprint density at radius 1 is 1.30 bits per heavy atom. The van der Waals surface area contributed by atoms with Crippen molar-refractivity contribution in [1.29, 1.82) is 0 Å². The highest BCUT2D eigenvalue weighted by molar-refractivity contribution is 5.78. The lowest BCUT2D eigenvalue weighted by molar-refractivity contribution is -0.132. The van der Waals surface area contributed by atoms with Gasteiger partial charge < -0.3 is 10.0 Å². The van der Waals surface area contributed by atoms with Gasteiger partial charge in [0.05, 0.1) is 12.6 Å². The molecule has 0 bridgehead atoms. The lowest BCUT2D eigenvalue weighted by atomic mass is 10.2. The number of carbonyl (C=O) groups excluding carboxylic acids is 1. The molecule has 1 fully saturated rings. The minimum Gasteiger partial charge on any atom is -0.392 e. The van der Waals surface area contributed by atoms with Crippen molar-refractivity contribution >= 4 is 5.91 Å². The van der Waals surface area contributed by atoms with Gasteiger partial charge in [0.25, 0.3) is 0 Å². The maximum Gasteiger partial charge on any atom is 0.237 e. The topological polar surface area (TPSA) is 47.0 Å². The zero-order chi connectivity index (χ0) is 15.1. The predicted octanol–water partition coefficient (Wildman–Crippen LogP) is 0.409. The van der Waals surface area contributed by atoms with E-state index < -0.39 is 0 Å². The summed E-state index contributed by atoms with van der Waals surface area (Å²) < 4.78 is 0. The molecule has 1 aliphatic rings. The number of amides is 1. The average Bonchev–Trinajstić information content (AvgIpc) is 2.37. The van der Waals surface area contributed by atoms with Gasteiger partial charge in [0, 0.05) is 45.8 Å². The van der Waals surface area contributed by atoms with Gasteiger partial charge in [-0.2, -0.15) is 0 Å². The highest BCUT2D eigenvalue weighted by atomic mass is 16.3. The molecule has 0 spiro atoms. The summed E-state index contributed by atoms with van der Waals surface area (Å²) in [6.45, 7) is 15.9. The van der Waals surface area contributed by atoms with Crippen molar-refractivity contribution in [2.24, 2.45) is 0 Å². The van der Waals surface area contributed by atoms with Gasteiger partial charge in [-0.25, -0.2) is 0 Å². The van der Waals surface area contributed by atoms with Crippen LogP contribution in [0.4, 0.5) is 0 Å². The van der Waals surface area contributed by atoms with Crippen molar-refractivity contribution in [2.45, 2.75) is 26.9 Å². The molecule has 1 atom stereocenters. The largest absolute Gasteiger partial charge is 0.392 e. The molecule has 1 aliphatic heterocycles. The molecule has 0 saturated carbocycles. The van der Waals surface area contributed by atoms with Gasteiger partial charge in [0.15, 0.2) is 0 Å². The second-order valence-corrected chi connectivity index (χ2v) is 5.79. The quantitative estimate of drug-likeness (QED) is 0.688. The third-order valence-corrected chi connectivity index (χ3v) is 3.54. The summed E-state index contributed by atoms with van der Waals surface area (Å²) in [5.41, 5.74) is 1.02. The molecule has 0 aromatic rings. The Morgan fingerprint density at radius 2 is 1.85 bits per heavy atom. The molecule has 5 heteroatoms. The molecule has 1 saturated heterocycles. The van der Waals surface area contributed by atoms with Crippen molar-refractivity contribution in [3.63, 3.8) is 0 Å². The molecular weight excluding hydrogens is 254 g/mol. The van der Waals surface area contributed by atoms with E-state index in [-0.39, 0.29) is 12.0 Å². The Labute approximate surface area is 122 Å². The summed E-state index contributed by atoms with van der Waals surface area (Å²) in [6.07, 6.45) is -0.283. The smallest absolute Gasteiger partial charge is 0.237 e. The third kappa shape index (κ3) is 6.03. The first kappa shape index (κ1) is 17.1. The summed E-state index contributed by atoms with van der Waals surface area (Å²) >= 11 is 0. The van der Waals surface area contributed by atoms with Crippen molar-refractivity contribution in [3.8, 4) is 0 Å². The molecule has 116 valence electrons. The van der Waals surface area contributed by atoms with Gasteiger partial charge in [0.1, 0.15) is 0 Å². The highest BCUT2D eigenvalue weighted by Gasteiger charge is 2.21. The zero-order valence-electron chi connectivity index (χ0n) is 13.1. The summed E-state index contributed by atoms with van der Waals surface area (Å²) in [5, 5.41) is 9.38. The molecule has 1 rings (SSSR count). The summed E-state index contributed by atoms with van der Waals surface area (Å²) in [4.78, 5) is 18.5. The lowest BCUT2D eigenvalue weighted by Gasteiger charge is -2.35. The molecule has 5 nitrogen and oxygen atoms in total. The van der Waals surface area contributed by atoms with E-state index in [1.165, 1.54) is 0 Å². The third-order valence-electron chi connectivity index (χ3n) is 3.54. The summed E-state index contributed by atoms with van der Waals surface area (Å²) in [6, 6.07) is 0. The van der Waals surface area contributed by atoms with Gasteiger partial charge in [-0.1, -0.05) is 12.2 Å². The summed E-state index contributed by atoms with van der Waals surface area (Å²) in [5.74, 6) is 0.180. The second-order valence-electron chi connectivity index (χ2n) is 5.79. The Kier molecular flexibility index (Phi) is 7.19. The van der Waals surface area contributed by atoms with E-state index in [0.29, 0.717) is 13.1 Å². The Balaban J connectivity index is 2.35. The molecule has 0 unspecified atom stereocenters. The van der Waals surface area contributed by atoms with Crippen LogP contribution in [0.3, 0.4) is 0 Å². The van der Waals surface area contributed by atoms with Gasteiger partial charge in [-0.3, -0.25) is 14.6 Å². The van der Waals surface area contributed by atoms with Crippen LogP contribution in [-0.4, -0.2) is 84.2 Å². The van der Waals surface area contributed by atoms with Gasteiger partial charge in [-0.15, -0.1) is 0 Å². The number of β-amino-alcohol motifs (C(OH)–C–C–N with tert-alkyl or cyclic N) is 1. The first-order valence-electron chi connectivity index (χ1n) is 7.47. The molecule has 0 radical (unpaired) electrons. The predicted molar refractivity (Wildman–Crippen MR) is 81.6 cm³/mol. The molecule has 0 aliphatic carbocycles. The normalized spacial score (nSPS) is 18.8. The number of hydrogen-bond donors (Lipinski definition) is 1. The van der Waals surface area contributed by atoms with E-state index >= 15 is 0 Å². The van der Waals surface area contributed by atoms with Crippen LogP contribution in [0.1, 0.15) is 20.8 Å². The molecule has 1 amide bonds. The Hall–Kier alpha value is -0.910. The Bertz CT molecular complexity index is 323. The van der Waals surface area contributed by atoms with E-state index in [0.717, 1.165) is 44.8 Å². The van der Waals surface area contributed by atoms with Crippen LogP contribution >= 0.6 is 0 Å². The van der Waals surface area contributed by atoms with E-state index in [4.69, 9.17) is 0 Å². The number of carbonyl (C=O) groups is 1. The van der Waals surface area contributed by atoms with Crippen molar-refractivity contribution < 1.29 is 9.90 Å². The van der Waals surface area contributed by atoms with Crippen LogP contribution in [0.25, 0.3) is 0 Å². The molecule has 20 heavy (non-hydrogen) atoms. The maximum atomic E-state index is 12.2. The van der Waals surface area contributed by atoms with Gasteiger partial charge >= 0.3 is 0 Å². The minimum atomic E-state index is -0.283. The van der Waals surface area contributed by atoms with E-state index in [9.17, 15) is 9.90 Å². The zero-order valence-corrected chi connectivity index (χ0v) is 13.1. The molecular formula is C15H29N3O2. The van der Waals surface area contributed by atoms with E-state index in [1.807, 2.05) is 25.7 Å². The Morgan fingerprint density at radius 3 is 2.30 bits per heavy atom. The van der Waals surface area contributed by atoms with Gasteiger partial charge in [0.2, 0.25) is 5.91 Å². The maximum absolute atomic E-state index is 12.2. The second kappa shape index (κ2) is 8.39. The fraction of sp³-hybridized carbons (Fsp3) is 0.800. The lowest BCUT2D eigenvalue weighted by Crippen LogP contribution is -2.51. The molecule has 0 aromatic heterocycles. The van der Waals surface area contributed by atoms with Crippen LogP contribution < -0.4 is 0 Å². The van der Waals surface area contributed by atoms with Crippen LogP contribution in [0.5, 0.6) is 0 Å². The van der Waals surface area contributed by atoms with Crippen LogP contribution in [0.2, 0.25) is 0 Å². The minimum absolute atomic E-state index is 0.180. The first-order valence-corrected chi connectivity index (χ1v) is 7.47. The SMILES string of the molecule is C=C(C)CN(CC)C(=O)CN1CCN(C[C@@H](C)O)CC1. The number of aliphatic hydroxyl groups is 1. The molecule has 1 heterocycles. The van der Waals surface area contributed by atoms with Gasteiger partial charge in [-0.05, 0) is 20.8 Å². The fourth-order valence-electron chi connectivity index (χ4n) is 2.50. The standard InChI is InChI=1S/C15H29N3O2/c1-5-18(10-13(2)3)15(20)12-17-8-6-16(7-9-17)11-14(4)19/h14,19H,2,5-12H2,1,3-4H3/t14-/m1/s1. The molecule has 1 N–H and O–H groups in total. The van der Waals surface area contributed by atoms with Crippen LogP contribution in [0.15, 0.2) is 12.2 Å². The molecule has 0 aromatic carbocycles. The van der Waals surface area contributed by atoms with Crippen molar-refractivity contribution in [1.82, 2.24) is 14.7 Å². The number of aliphatic hydroxyl groups excluding tert-OH is 1. The number of hydrogen-bond acceptors (Lipinski definition) is 4. The average molecular weight is 283 g/mol. The fourth-order valence-corrected chi connectivity index (χ4v) is 2.50. The number of nitrogens with zero attached hydrogens (tertiary/aromatic N) is 3. The monoisotopic (exact) mass is 283 g/mol. The number of rotatable bonds is 7. The van der Waals surface area contributed by atoms with E-state index in [2.05, 4.69) is 16.4 Å². The van der Waals surface area contributed by atoms with Crippen LogP contribution in [-0.2, 0) is 4.79 Å². The van der Waals surface area contributed by atoms with Crippen molar-refractivity contribution in [3.05, 3.63) is 12.2 Å². The summed E-state index contributed by atoms with van der Waals surface area (Å²) in [7, 11) is 0.